The predicted molar refractivity (Wildman–Crippen MR) is 86.9 cm³/mol. The summed E-state index contributed by atoms with van der Waals surface area (Å²) in [4.78, 5) is 4.39. The molecule has 0 N–H and O–H groups in total. The minimum absolute atomic E-state index is 0.333. The quantitative estimate of drug-likeness (QED) is 0.684. The summed E-state index contributed by atoms with van der Waals surface area (Å²) in [6.45, 7) is 10.2. The Kier molecular flexibility index (Phi) is 4.33. The number of nitrogens with zero attached hydrogens (tertiary/aromatic N) is 1. The molecule has 1 fully saturated rings. The molecule has 1 aromatic heterocycles. The van der Waals surface area contributed by atoms with Crippen LogP contribution < -0.4 is 0 Å². The van der Waals surface area contributed by atoms with Crippen LogP contribution in [0.1, 0.15) is 39.0 Å². The summed E-state index contributed by atoms with van der Waals surface area (Å²) in [5.74, 6) is 0.576. The molecule has 0 unspecified atom stereocenters. The highest BCUT2D eigenvalue weighted by Gasteiger charge is 2.52. The van der Waals surface area contributed by atoms with E-state index in [-0.39, 0.29) is 18.3 Å². The van der Waals surface area contributed by atoms with Crippen LogP contribution in [0.25, 0.3) is 6.08 Å². The normalized spacial score (nSPS) is 21.3. The Morgan fingerprint density at radius 2 is 1.85 bits per heavy atom. The highest BCUT2D eigenvalue weighted by Crippen LogP contribution is 2.38. The van der Waals surface area contributed by atoms with Gasteiger partial charge in [-0.15, -0.1) is 0 Å². The van der Waals surface area contributed by atoms with Gasteiger partial charge in [-0.3, -0.25) is 4.98 Å². The molecular weight excluding hydrogens is 269 g/mol. The van der Waals surface area contributed by atoms with E-state index in [1.165, 1.54) is 0 Å². The van der Waals surface area contributed by atoms with Crippen LogP contribution in [-0.4, -0.2) is 29.1 Å². The van der Waals surface area contributed by atoms with Crippen LogP contribution in [0.2, 0.25) is 0 Å². The second-order valence-electron chi connectivity index (χ2n) is 6.23. The SMILES string of the molecule is Cc1ccc(C=C(CS)B2OC(C)(C)C(C)(C)O2)nc1. The Balaban J connectivity index is 2.24. The molecule has 0 aromatic carbocycles. The molecule has 0 saturated carbocycles. The van der Waals surface area contributed by atoms with Gasteiger partial charge in [-0.25, -0.2) is 0 Å². The van der Waals surface area contributed by atoms with Gasteiger partial charge in [-0.2, -0.15) is 12.6 Å². The maximum Gasteiger partial charge on any atom is 0.491 e. The third kappa shape index (κ3) is 3.10. The first-order valence-electron chi connectivity index (χ1n) is 6.85. The molecule has 3 nitrogen and oxygen atoms in total. The smallest absolute Gasteiger partial charge is 0.400 e. The van der Waals surface area contributed by atoms with Crippen molar-refractivity contribution in [1.29, 1.82) is 0 Å². The van der Waals surface area contributed by atoms with Gasteiger partial charge in [-0.1, -0.05) is 6.07 Å². The van der Waals surface area contributed by atoms with Gasteiger partial charge in [0.1, 0.15) is 0 Å². The molecule has 2 heterocycles. The Morgan fingerprint density at radius 3 is 2.30 bits per heavy atom. The molecule has 5 heteroatoms. The number of thiol groups is 1. The van der Waals surface area contributed by atoms with Gasteiger partial charge in [0.05, 0.1) is 16.9 Å². The molecular formula is C15H22BNO2S. The zero-order valence-electron chi connectivity index (χ0n) is 12.8. The molecule has 0 spiro atoms. The second kappa shape index (κ2) is 5.55. The number of pyridine rings is 1. The lowest BCUT2D eigenvalue weighted by atomic mass is 9.78. The molecule has 0 bridgehead atoms. The van der Waals surface area contributed by atoms with Crippen LogP contribution in [0, 0.1) is 6.92 Å². The van der Waals surface area contributed by atoms with Crippen molar-refractivity contribution in [2.45, 2.75) is 45.8 Å². The van der Waals surface area contributed by atoms with Crippen molar-refractivity contribution in [3.8, 4) is 0 Å². The first-order valence-corrected chi connectivity index (χ1v) is 7.48. The summed E-state index contributed by atoms with van der Waals surface area (Å²) in [6.07, 6.45) is 3.85. The third-order valence-electron chi connectivity index (χ3n) is 4.01. The Labute approximate surface area is 127 Å². The molecule has 0 radical (unpaired) electrons. The summed E-state index contributed by atoms with van der Waals surface area (Å²) in [5, 5.41) is 0. The lowest BCUT2D eigenvalue weighted by Gasteiger charge is -2.32. The number of rotatable bonds is 3. The fourth-order valence-electron chi connectivity index (χ4n) is 1.94. The van der Waals surface area contributed by atoms with Crippen LogP contribution in [0.15, 0.2) is 23.8 Å². The summed E-state index contributed by atoms with van der Waals surface area (Å²) in [7, 11) is -0.361. The van der Waals surface area contributed by atoms with E-state index in [9.17, 15) is 0 Å². The number of hydrogen-bond donors (Lipinski definition) is 1. The average Bonchev–Trinajstić information content (AvgIpc) is 2.57. The second-order valence-corrected chi connectivity index (χ2v) is 6.54. The monoisotopic (exact) mass is 291 g/mol. The lowest BCUT2D eigenvalue weighted by molar-refractivity contribution is 0.00578. The standard InChI is InChI=1S/C15H22BNO2S/c1-11-6-7-13(17-9-11)8-12(10-20)16-18-14(2,3)15(4,5)19-16/h6-9,20H,10H2,1-5H3. The van der Waals surface area contributed by atoms with Gasteiger partial charge in [0.2, 0.25) is 0 Å². The highest BCUT2D eigenvalue weighted by atomic mass is 32.1. The molecule has 0 atom stereocenters. The van der Waals surface area contributed by atoms with E-state index in [2.05, 4.69) is 17.6 Å². The van der Waals surface area contributed by atoms with E-state index >= 15 is 0 Å². The van der Waals surface area contributed by atoms with Crippen molar-refractivity contribution in [3.05, 3.63) is 35.1 Å². The van der Waals surface area contributed by atoms with Crippen LogP contribution in [0.4, 0.5) is 0 Å². The Hall–Kier alpha value is -0.775. The van der Waals surface area contributed by atoms with E-state index < -0.39 is 0 Å². The maximum atomic E-state index is 6.05. The van der Waals surface area contributed by atoms with Crippen LogP contribution in [0.3, 0.4) is 0 Å². The molecule has 2 rings (SSSR count). The highest BCUT2D eigenvalue weighted by molar-refractivity contribution is 7.80. The summed E-state index contributed by atoms with van der Waals surface area (Å²) >= 11 is 4.40. The van der Waals surface area contributed by atoms with Gasteiger partial charge < -0.3 is 9.31 Å². The lowest BCUT2D eigenvalue weighted by Crippen LogP contribution is -2.41. The van der Waals surface area contributed by atoms with Crippen LogP contribution in [-0.2, 0) is 9.31 Å². The fraction of sp³-hybridized carbons (Fsp3) is 0.533. The molecule has 1 aliphatic heterocycles. The largest absolute Gasteiger partial charge is 0.491 e. The molecule has 1 aliphatic rings. The van der Waals surface area contributed by atoms with Gasteiger partial charge >= 0.3 is 7.12 Å². The van der Waals surface area contributed by atoms with Crippen molar-refractivity contribution < 1.29 is 9.31 Å². The molecule has 0 aliphatic carbocycles. The number of aryl methyl sites for hydroxylation is 1. The first-order chi connectivity index (χ1) is 9.25. The zero-order chi connectivity index (χ0) is 15.0. The minimum Gasteiger partial charge on any atom is -0.400 e. The van der Waals surface area contributed by atoms with Crippen molar-refractivity contribution in [2.75, 3.05) is 5.75 Å². The topological polar surface area (TPSA) is 31.4 Å². The van der Waals surface area contributed by atoms with Gasteiger partial charge in [0, 0.05) is 11.9 Å². The van der Waals surface area contributed by atoms with E-state index in [1.807, 2.05) is 59.0 Å². The predicted octanol–water partition coefficient (Wildman–Crippen LogP) is 3.33. The molecule has 0 amide bonds. The van der Waals surface area contributed by atoms with Gasteiger partial charge in [0.25, 0.3) is 0 Å². The minimum atomic E-state index is -0.361. The third-order valence-corrected chi connectivity index (χ3v) is 4.37. The average molecular weight is 291 g/mol. The summed E-state index contributed by atoms with van der Waals surface area (Å²) in [5.41, 5.74) is 2.36. The van der Waals surface area contributed by atoms with E-state index in [0.717, 1.165) is 16.7 Å². The van der Waals surface area contributed by atoms with E-state index in [1.54, 1.807) is 0 Å². The Morgan fingerprint density at radius 1 is 1.25 bits per heavy atom. The van der Waals surface area contributed by atoms with Crippen LogP contribution >= 0.6 is 12.6 Å². The molecule has 1 saturated heterocycles. The van der Waals surface area contributed by atoms with Crippen molar-refractivity contribution in [3.63, 3.8) is 0 Å². The van der Waals surface area contributed by atoms with Crippen LogP contribution in [0.5, 0.6) is 0 Å². The van der Waals surface area contributed by atoms with Crippen molar-refractivity contribution >= 4 is 25.8 Å². The van der Waals surface area contributed by atoms with Gasteiger partial charge in [-0.05, 0) is 57.8 Å². The summed E-state index contributed by atoms with van der Waals surface area (Å²) in [6, 6.07) is 4.03. The fourth-order valence-corrected chi connectivity index (χ4v) is 2.18. The van der Waals surface area contributed by atoms with Crippen molar-refractivity contribution in [1.82, 2.24) is 4.98 Å². The number of aromatic nitrogens is 1. The maximum absolute atomic E-state index is 6.05. The number of hydrogen-bond acceptors (Lipinski definition) is 4. The molecule has 108 valence electrons. The zero-order valence-corrected chi connectivity index (χ0v) is 13.7. The van der Waals surface area contributed by atoms with E-state index in [4.69, 9.17) is 9.31 Å². The molecule has 1 aromatic rings. The first kappa shape index (κ1) is 15.6. The van der Waals surface area contributed by atoms with E-state index in [0.29, 0.717) is 5.75 Å². The van der Waals surface area contributed by atoms with Gasteiger partial charge in [0.15, 0.2) is 0 Å². The molecule has 20 heavy (non-hydrogen) atoms. The van der Waals surface area contributed by atoms with Crippen molar-refractivity contribution in [2.24, 2.45) is 0 Å². The summed E-state index contributed by atoms with van der Waals surface area (Å²) < 4.78 is 12.1. The Bertz CT molecular complexity index is 495.